The molecule has 4 nitrogen and oxygen atoms in total. The van der Waals surface area contributed by atoms with Gasteiger partial charge in [0.1, 0.15) is 18.9 Å². The van der Waals surface area contributed by atoms with Gasteiger partial charge in [0.25, 0.3) is 5.91 Å². The lowest BCUT2D eigenvalue weighted by Gasteiger charge is -2.26. The number of carbonyl (C=O) groups is 1. The number of benzene rings is 2. The van der Waals surface area contributed by atoms with Crippen molar-refractivity contribution in [3.05, 3.63) is 77.9 Å². The van der Waals surface area contributed by atoms with Gasteiger partial charge in [-0.2, -0.15) is 0 Å². The fourth-order valence-corrected chi connectivity index (χ4v) is 3.69. The number of aryl methyl sites for hydroxylation is 1. The monoisotopic (exact) mass is 365 g/mol. The number of hydrogen-bond acceptors (Lipinski definition) is 2. The van der Waals surface area contributed by atoms with Crippen LogP contribution in [0.25, 0.3) is 0 Å². The van der Waals surface area contributed by atoms with Crippen LogP contribution in [0.2, 0.25) is 0 Å². The molecule has 1 unspecified atom stereocenters. The minimum atomic E-state index is 0.111. The van der Waals surface area contributed by atoms with Gasteiger partial charge in [-0.25, -0.2) is 0 Å². The highest BCUT2D eigenvalue weighted by molar-refractivity contribution is 5.77. The predicted octanol–water partition coefficient (Wildman–Crippen LogP) is 2.46. The molecule has 0 aliphatic heterocycles. The fraction of sp³-hybridized carbons (Fsp3) is 0.348. The van der Waals surface area contributed by atoms with Crippen LogP contribution in [0.4, 0.5) is 0 Å². The van der Waals surface area contributed by atoms with Gasteiger partial charge in [-0.05, 0) is 54.7 Å². The van der Waals surface area contributed by atoms with Crippen molar-refractivity contribution in [2.75, 3.05) is 20.2 Å². The first kappa shape index (κ1) is 19.2. The molecule has 142 valence electrons. The van der Waals surface area contributed by atoms with E-state index in [0.717, 1.165) is 36.5 Å². The van der Waals surface area contributed by atoms with Gasteiger partial charge in [-0.1, -0.05) is 36.9 Å². The van der Waals surface area contributed by atoms with Gasteiger partial charge in [0.15, 0.2) is 6.54 Å². The van der Waals surface area contributed by atoms with Crippen LogP contribution in [-0.4, -0.2) is 26.1 Å². The van der Waals surface area contributed by atoms with Crippen LogP contribution in [0.15, 0.2) is 61.2 Å². The Morgan fingerprint density at radius 2 is 2.04 bits per heavy atom. The quantitative estimate of drug-likeness (QED) is 0.706. The summed E-state index contributed by atoms with van der Waals surface area (Å²) in [6, 6.07) is 16.6. The van der Waals surface area contributed by atoms with Gasteiger partial charge < -0.3 is 15.0 Å². The minimum Gasteiger partial charge on any atom is -0.490 e. The second-order valence-corrected chi connectivity index (χ2v) is 7.27. The van der Waals surface area contributed by atoms with Gasteiger partial charge in [0.05, 0.1) is 13.1 Å². The van der Waals surface area contributed by atoms with E-state index in [1.165, 1.54) is 16.7 Å². The summed E-state index contributed by atoms with van der Waals surface area (Å²) in [4.78, 5) is 13.7. The molecule has 3 rings (SSSR count). The first-order valence-corrected chi connectivity index (χ1v) is 9.67. The molecule has 2 aromatic rings. The highest BCUT2D eigenvalue weighted by Gasteiger charge is 2.22. The number of amides is 1. The third-order valence-electron chi connectivity index (χ3n) is 4.96. The predicted molar refractivity (Wildman–Crippen MR) is 108 cm³/mol. The van der Waals surface area contributed by atoms with E-state index < -0.39 is 0 Å². The summed E-state index contributed by atoms with van der Waals surface area (Å²) in [6.45, 7) is 5.42. The maximum Gasteiger partial charge on any atom is 0.275 e. The number of quaternary nitrogens is 1. The summed E-state index contributed by atoms with van der Waals surface area (Å²) in [6.07, 6.45) is 4.99. The molecule has 0 saturated heterocycles. The summed E-state index contributed by atoms with van der Waals surface area (Å²) in [5.41, 5.74) is 3.84. The molecule has 1 amide bonds. The molecule has 1 aliphatic carbocycles. The van der Waals surface area contributed by atoms with Crippen molar-refractivity contribution < 1.29 is 14.4 Å². The van der Waals surface area contributed by atoms with Crippen molar-refractivity contribution in [1.82, 2.24) is 5.32 Å². The number of nitrogens with one attached hydrogen (secondary N) is 2. The van der Waals surface area contributed by atoms with E-state index >= 15 is 0 Å². The molecular weight excluding hydrogens is 336 g/mol. The van der Waals surface area contributed by atoms with E-state index in [2.05, 4.69) is 55.3 Å². The lowest BCUT2D eigenvalue weighted by Crippen LogP contribution is -3.08. The molecule has 0 radical (unpaired) electrons. The Hall–Kier alpha value is -2.59. The van der Waals surface area contributed by atoms with E-state index in [4.69, 9.17) is 4.74 Å². The third kappa shape index (κ3) is 5.44. The Morgan fingerprint density at radius 1 is 1.26 bits per heavy atom. The fourth-order valence-electron chi connectivity index (χ4n) is 3.69. The Balaban J connectivity index is 1.50. The Kier molecular flexibility index (Phi) is 6.66. The number of hydrogen-bond donors (Lipinski definition) is 2. The molecule has 2 atom stereocenters. The van der Waals surface area contributed by atoms with Gasteiger partial charge in [0.2, 0.25) is 0 Å². The average molecular weight is 365 g/mol. The molecule has 2 N–H and O–H groups in total. The summed E-state index contributed by atoms with van der Waals surface area (Å²) in [5.74, 6) is 0.949. The van der Waals surface area contributed by atoms with Crippen molar-refractivity contribution in [2.45, 2.75) is 31.8 Å². The molecule has 0 fully saturated rings. The van der Waals surface area contributed by atoms with Crippen molar-refractivity contribution >= 4 is 5.91 Å². The van der Waals surface area contributed by atoms with Crippen LogP contribution < -0.4 is 15.0 Å². The van der Waals surface area contributed by atoms with Gasteiger partial charge in [-0.15, -0.1) is 0 Å². The van der Waals surface area contributed by atoms with Crippen LogP contribution in [0.3, 0.4) is 0 Å². The maximum absolute atomic E-state index is 12.5. The van der Waals surface area contributed by atoms with Crippen LogP contribution in [-0.2, 0) is 17.8 Å². The van der Waals surface area contributed by atoms with Gasteiger partial charge in [-0.3, -0.25) is 4.79 Å². The van der Waals surface area contributed by atoms with Crippen molar-refractivity contribution in [3.63, 3.8) is 0 Å². The first-order chi connectivity index (χ1) is 13.2. The minimum absolute atomic E-state index is 0.111. The maximum atomic E-state index is 12.5. The zero-order valence-electron chi connectivity index (χ0n) is 16.0. The molecule has 1 aliphatic rings. The zero-order chi connectivity index (χ0) is 19.1. The molecule has 4 heteroatoms. The van der Waals surface area contributed by atoms with Gasteiger partial charge in [0, 0.05) is 5.56 Å². The molecule has 2 aromatic carbocycles. The SMILES string of the molecule is C=CCOc1ccc(C[NH+](C)CC(=O)N[C@@H]2CCCc3ccccc32)cc1. The zero-order valence-corrected chi connectivity index (χ0v) is 16.0. The molecular formula is C23H29N2O2+. The summed E-state index contributed by atoms with van der Waals surface area (Å²) < 4.78 is 5.50. The molecule has 27 heavy (non-hydrogen) atoms. The molecule has 0 bridgehead atoms. The number of rotatable bonds is 8. The van der Waals surface area contributed by atoms with E-state index in [0.29, 0.717) is 13.2 Å². The van der Waals surface area contributed by atoms with E-state index in [1.54, 1.807) is 6.08 Å². The van der Waals surface area contributed by atoms with Crippen molar-refractivity contribution in [3.8, 4) is 5.75 Å². The highest BCUT2D eigenvalue weighted by atomic mass is 16.5. The second-order valence-electron chi connectivity index (χ2n) is 7.27. The average Bonchev–Trinajstić information content (AvgIpc) is 2.67. The number of ether oxygens (including phenoxy) is 1. The van der Waals surface area contributed by atoms with Gasteiger partial charge >= 0.3 is 0 Å². The van der Waals surface area contributed by atoms with E-state index in [-0.39, 0.29) is 11.9 Å². The smallest absolute Gasteiger partial charge is 0.275 e. The Morgan fingerprint density at radius 3 is 2.81 bits per heavy atom. The standard InChI is InChI=1S/C23H28N2O2/c1-3-15-27-20-13-11-18(12-14-20)16-25(2)17-23(26)24-22-10-6-8-19-7-4-5-9-21(19)22/h3-5,7,9,11-14,22H,1,6,8,10,15-17H2,2H3,(H,24,26)/p+1/t22-/m1/s1. The van der Waals surface area contributed by atoms with E-state index in [9.17, 15) is 4.79 Å². The highest BCUT2D eigenvalue weighted by Crippen LogP contribution is 2.29. The van der Waals surface area contributed by atoms with Crippen LogP contribution in [0.5, 0.6) is 5.75 Å². The van der Waals surface area contributed by atoms with Crippen molar-refractivity contribution in [2.24, 2.45) is 0 Å². The molecule has 0 spiro atoms. The molecule has 0 aromatic heterocycles. The topological polar surface area (TPSA) is 42.8 Å². The normalized spacial score (nSPS) is 16.9. The first-order valence-electron chi connectivity index (χ1n) is 9.67. The van der Waals surface area contributed by atoms with Crippen LogP contribution in [0, 0.1) is 0 Å². The lowest BCUT2D eigenvalue weighted by molar-refractivity contribution is -0.885. The summed E-state index contributed by atoms with van der Waals surface area (Å²) >= 11 is 0. The van der Waals surface area contributed by atoms with E-state index in [1.807, 2.05) is 12.1 Å². The number of fused-ring (bicyclic) bond motifs is 1. The second kappa shape index (κ2) is 9.38. The molecule has 0 heterocycles. The number of likely N-dealkylation sites (N-methyl/N-ethyl adjacent to an activating group) is 1. The Labute approximate surface area is 161 Å². The lowest BCUT2D eigenvalue weighted by atomic mass is 9.88. The third-order valence-corrected chi connectivity index (χ3v) is 4.96. The van der Waals surface area contributed by atoms with Crippen LogP contribution >= 0.6 is 0 Å². The summed E-state index contributed by atoms with van der Waals surface area (Å²) in [7, 11) is 2.05. The molecule has 0 saturated carbocycles. The Bertz CT molecular complexity index is 770. The number of carbonyl (C=O) groups excluding carboxylic acids is 1. The summed E-state index contributed by atoms with van der Waals surface area (Å²) in [5, 5.41) is 3.23. The van der Waals surface area contributed by atoms with Crippen LogP contribution in [0.1, 0.15) is 35.6 Å². The van der Waals surface area contributed by atoms with Crippen molar-refractivity contribution in [1.29, 1.82) is 0 Å². The largest absolute Gasteiger partial charge is 0.490 e.